The Morgan fingerprint density at radius 1 is 0.714 bits per heavy atom. The Morgan fingerprint density at radius 3 is 1.67 bits per heavy atom. The zero-order valence-electron chi connectivity index (χ0n) is 10.9. The molecule has 0 radical (unpaired) electrons. The molecule has 0 fully saturated rings. The lowest BCUT2D eigenvalue weighted by Gasteiger charge is -2.19. The summed E-state index contributed by atoms with van der Waals surface area (Å²) in [4.78, 5) is 1.37. The van der Waals surface area contributed by atoms with Crippen LogP contribution in [0.5, 0.6) is 0 Å². The van der Waals surface area contributed by atoms with Crippen LogP contribution in [0.3, 0.4) is 0 Å². The topological polar surface area (TPSA) is 3.24 Å². The zero-order valence-corrected chi connectivity index (χ0v) is 10.9. The molecule has 0 bridgehead atoms. The molecule has 0 atom stereocenters. The van der Waals surface area contributed by atoms with Crippen LogP contribution in [-0.4, -0.2) is 14.1 Å². The molecule has 21 heavy (non-hydrogen) atoms. The summed E-state index contributed by atoms with van der Waals surface area (Å²) in [6.07, 6.45) is 0. The van der Waals surface area contributed by atoms with Crippen molar-refractivity contribution in [1.82, 2.24) is 0 Å². The molecule has 1 nitrogen and oxygen atoms in total. The third kappa shape index (κ3) is 2.43. The van der Waals surface area contributed by atoms with Crippen LogP contribution in [0, 0.1) is 34.9 Å². The lowest BCUT2D eigenvalue weighted by molar-refractivity contribution is 0.381. The fourth-order valence-corrected chi connectivity index (χ4v) is 1.94. The second kappa shape index (κ2) is 5.31. The third-order valence-corrected chi connectivity index (χ3v) is 2.92. The molecule has 0 saturated carbocycles. The number of anilines is 1. The first-order valence-corrected chi connectivity index (χ1v) is 5.74. The van der Waals surface area contributed by atoms with Crippen LogP contribution < -0.4 is 4.90 Å². The van der Waals surface area contributed by atoms with E-state index in [4.69, 9.17) is 0 Å². The highest BCUT2D eigenvalue weighted by Crippen LogP contribution is 2.37. The van der Waals surface area contributed by atoms with E-state index in [0.717, 1.165) is 6.07 Å². The average molecular weight is 305 g/mol. The van der Waals surface area contributed by atoms with Gasteiger partial charge in [-0.05, 0) is 18.2 Å². The van der Waals surface area contributed by atoms with Crippen LogP contribution in [0.15, 0.2) is 18.2 Å². The summed E-state index contributed by atoms with van der Waals surface area (Å²) < 4.78 is 80.5. The Balaban J connectivity index is 2.88. The Bertz CT molecular complexity index is 682. The molecule has 0 spiro atoms. The largest absolute Gasteiger partial charge is 0.377 e. The van der Waals surface area contributed by atoms with E-state index in [1.165, 1.54) is 25.1 Å². The number of nitrogens with zero attached hydrogens (tertiary/aromatic N) is 1. The van der Waals surface area contributed by atoms with Gasteiger partial charge in [-0.2, -0.15) is 0 Å². The zero-order chi connectivity index (χ0) is 15.9. The standard InChI is InChI=1S/C14H9F6N/c1-21(2)8-4-3-6(15)5-7(8)9-10(16)12(18)14(20)13(19)11(9)17/h3-5H,1-2H3. The molecule has 0 amide bonds. The molecule has 0 unspecified atom stereocenters. The van der Waals surface area contributed by atoms with Crippen LogP contribution in [0.25, 0.3) is 11.1 Å². The fraction of sp³-hybridized carbons (Fsp3) is 0.143. The van der Waals surface area contributed by atoms with Gasteiger partial charge in [0.15, 0.2) is 23.3 Å². The lowest BCUT2D eigenvalue weighted by atomic mass is 10.0. The molecule has 2 rings (SSSR count). The minimum Gasteiger partial charge on any atom is -0.377 e. The Kier molecular flexibility index (Phi) is 3.85. The van der Waals surface area contributed by atoms with Gasteiger partial charge in [-0.3, -0.25) is 0 Å². The van der Waals surface area contributed by atoms with Gasteiger partial charge < -0.3 is 4.90 Å². The van der Waals surface area contributed by atoms with Gasteiger partial charge in [0.25, 0.3) is 0 Å². The molecule has 0 heterocycles. The van der Waals surface area contributed by atoms with Crippen molar-refractivity contribution in [3.05, 3.63) is 53.1 Å². The first-order valence-electron chi connectivity index (χ1n) is 5.74. The minimum atomic E-state index is -2.25. The van der Waals surface area contributed by atoms with Crippen molar-refractivity contribution in [2.75, 3.05) is 19.0 Å². The highest BCUT2D eigenvalue weighted by molar-refractivity contribution is 5.79. The molecule has 0 aliphatic carbocycles. The van der Waals surface area contributed by atoms with Crippen molar-refractivity contribution >= 4 is 5.69 Å². The van der Waals surface area contributed by atoms with E-state index in [0.29, 0.717) is 6.07 Å². The van der Waals surface area contributed by atoms with Crippen molar-refractivity contribution in [3.8, 4) is 11.1 Å². The Labute approximate surface area is 116 Å². The number of hydrogen-bond donors (Lipinski definition) is 0. The highest BCUT2D eigenvalue weighted by atomic mass is 19.2. The predicted molar refractivity (Wildman–Crippen MR) is 66.0 cm³/mol. The highest BCUT2D eigenvalue weighted by Gasteiger charge is 2.28. The van der Waals surface area contributed by atoms with Crippen molar-refractivity contribution in [1.29, 1.82) is 0 Å². The quantitative estimate of drug-likeness (QED) is 0.455. The molecular formula is C14H9F6N. The number of hydrogen-bond acceptors (Lipinski definition) is 1. The van der Waals surface area contributed by atoms with Gasteiger partial charge >= 0.3 is 0 Å². The summed E-state index contributed by atoms with van der Waals surface area (Å²) in [6.45, 7) is 0. The maximum atomic E-state index is 13.8. The smallest absolute Gasteiger partial charge is 0.200 e. The van der Waals surface area contributed by atoms with Crippen molar-refractivity contribution < 1.29 is 26.3 Å². The summed E-state index contributed by atoms with van der Waals surface area (Å²) in [5.74, 6) is -11.3. The fourth-order valence-electron chi connectivity index (χ4n) is 1.94. The van der Waals surface area contributed by atoms with Crippen molar-refractivity contribution in [2.24, 2.45) is 0 Å². The second-order valence-electron chi connectivity index (χ2n) is 4.50. The van der Waals surface area contributed by atoms with Crippen molar-refractivity contribution in [2.45, 2.75) is 0 Å². The van der Waals surface area contributed by atoms with Crippen LogP contribution in [0.1, 0.15) is 0 Å². The molecule has 0 aromatic heterocycles. The van der Waals surface area contributed by atoms with Crippen LogP contribution in [0.4, 0.5) is 32.0 Å². The summed E-state index contributed by atoms with van der Waals surface area (Å²) >= 11 is 0. The van der Waals surface area contributed by atoms with E-state index >= 15 is 0 Å². The van der Waals surface area contributed by atoms with E-state index in [-0.39, 0.29) is 5.69 Å². The molecule has 7 heteroatoms. The van der Waals surface area contributed by atoms with E-state index < -0.39 is 46.0 Å². The molecule has 0 N–H and O–H groups in total. The lowest BCUT2D eigenvalue weighted by Crippen LogP contribution is -2.12. The summed E-state index contributed by atoms with van der Waals surface area (Å²) in [5, 5.41) is 0. The van der Waals surface area contributed by atoms with Crippen molar-refractivity contribution in [3.63, 3.8) is 0 Å². The molecule has 2 aromatic carbocycles. The van der Waals surface area contributed by atoms with E-state index in [9.17, 15) is 26.3 Å². The van der Waals surface area contributed by atoms with Gasteiger partial charge in [0.05, 0.1) is 5.56 Å². The van der Waals surface area contributed by atoms with Gasteiger partial charge in [0, 0.05) is 25.3 Å². The van der Waals surface area contributed by atoms with Crippen LogP contribution in [0.2, 0.25) is 0 Å². The first kappa shape index (κ1) is 15.2. The summed E-state index contributed by atoms with van der Waals surface area (Å²) in [5.41, 5.74) is -1.47. The number of benzene rings is 2. The van der Waals surface area contributed by atoms with Crippen LogP contribution >= 0.6 is 0 Å². The van der Waals surface area contributed by atoms with E-state index in [2.05, 4.69) is 0 Å². The normalized spacial score (nSPS) is 10.9. The summed E-state index contributed by atoms with van der Waals surface area (Å²) in [6, 6.07) is 2.92. The van der Waals surface area contributed by atoms with Crippen LogP contribution in [-0.2, 0) is 0 Å². The molecular weight excluding hydrogens is 296 g/mol. The Morgan fingerprint density at radius 2 is 1.19 bits per heavy atom. The monoisotopic (exact) mass is 305 g/mol. The molecule has 2 aromatic rings. The van der Waals surface area contributed by atoms with E-state index in [1.54, 1.807) is 0 Å². The van der Waals surface area contributed by atoms with Gasteiger partial charge in [0.1, 0.15) is 5.82 Å². The maximum absolute atomic E-state index is 13.8. The number of halogens is 6. The predicted octanol–water partition coefficient (Wildman–Crippen LogP) is 4.25. The average Bonchev–Trinajstić information content (AvgIpc) is 2.43. The molecule has 112 valence electrons. The third-order valence-electron chi connectivity index (χ3n) is 2.92. The molecule has 0 aliphatic rings. The van der Waals surface area contributed by atoms with Gasteiger partial charge in [-0.1, -0.05) is 0 Å². The molecule has 0 saturated heterocycles. The maximum Gasteiger partial charge on any atom is 0.200 e. The van der Waals surface area contributed by atoms with Gasteiger partial charge in [0.2, 0.25) is 5.82 Å². The second-order valence-corrected chi connectivity index (χ2v) is 4.50. The number of rotatable bonds is 2. The van der Waals surface area contributed by atoms with Gasteiger partial charge in [-0.25, -0.2) is 26.3 Å². The van der Waals surface area contributed by atoms with Gasteiger partial charge in [-0.15, -0.1) is 0 Å². The summed E-state index contributed by atoms with van der Waals surface area (Å²) in [7, 11) is 2.98. The minimum absolute atomic E-state index is 0.111. The first-order chi connectivity index (χ1) is 9.75. The molecule has 0 aliphatic heterocycles. The Hall–Kier alpha value is -2.18. The SMILES string of the molecule is CN(C)c1ccc(F)cc1-c1c(F)c(F)c(F)c(F)c1F. The van der Waals surface area contributed by atoms with E-state index in [1.807, 2.05) is 0 Å².